The first-order valence-electron chi connectivity index (χ1n) is 6.36. The molecule has 0 aromatic rings. The fourth-order valence-electron chi connectivity index (χ4n) is 2.43. The maximum Gasteiger partial charge on any atom is 0.241 e. The van der Waals surface area contributed by atoms with E-state index >= 15 is 0 Å². The molecular weight excluding hydrogens is 254 g/mol. The highest BCUT2D eigenvalue weighted by Gasteiger charge is 2.44. The highest BCUT2D eigenvalue weighted by atomic mass is 35.5. The number of nitrogens with zero attached hydrogens (tertiary/aromatic N) is 1. The molecule has 0 atom stereocenters. The van der Waals surface area contributed by atoms with Gasteiger partial charge in [0.25, 0.3) is 0 Å². The highest BCUT2D eigenvalue weighted by molar-refractivity contribution is 5.85. The maximum absolute atomic E-state index is 11.9. The summed E-state index contributed by atoms with van der Waals surface area (Å²) in [6, 6.07) is 0.400. The molecule has 2 saturated carbocycles. The van der Waals surface area contributed by atoms with Crippen molar-refractivity contribution in [3.05, 3.63) is 0 Å². The normalized spacial score (nSPS) is 18.2. The molecule has 0 aliphatic heterocycles. The molecule has 2 aliphatic carbocycles. The van der Waals surface area contributed by atoms with Crippen molar-refractivity contribution >= 4 is 24.2 Å². The number of likely N-dealkylation sites (N-methyl/N-ethyl adjacent to an activating group) is 1. The predicted octanol–water partition coefficient (Wildman–Crippen LogP) is 0.130. The van der Waals surface area contributed by atoms with Gasteiger partial charge in [0, 0.05) is 13.1 Å². The SMILES string of the molecule is CN(C(=O)CNC(=O)CN)C(C1CC1)C1CC1.Cl. The Morgan fingerprint density at radius 2 is 1.78 bits per heavy atom. The number of nitrogens with one attached hydrogen (secondary N) is 1. The molecule has 0 aromatic carbocycles. The van der Waals surface area contributed by atoms with Gasteiger partial charge in [-0.2, -0.15) is 0 Å². The van der Waals surface area contributed by atoms with Crippen LogP contribution in [0.25, 0.3) is 0 Å². The van der Waals surface area contributed by atoms with E-state index in [4.69, 9.17) is 5.73 Å². The van der Waals surface area contributed by atoms with Crippen molar-refractivity contribution < 1.29 is 9.59 Å². The summed E-state index contributed by atoms with van der Waals surface area (Å²) in [5.41, 5.74) is 5.17. The minimum atomic E-state index is -0.277. The number of hydrogen-bond donors (Lipinski definition) is 2. The van der Waals surface area contributed by atoms with Crippen LogP contribution in [0.5, 0.6) is 0 Å². The lowest BCUT2D eigenvalue weighted by Crippen LogP contribution is -2.46. The molecule has 0 aromatic heterocycles. The molecule has 0 radical (unpaired) electrons. The van der Waals surface area contributed by atoms with Gasteiger partial charge in [-0.1, -0.05) is 0 Å². The zero-order valence-electron chi connectivity index (χ0n) is 10.7. The summed E-state index contributed by atoms with van der Waals surface area (Å²) in [6.45, 7) is 0.00808. The molecule has 2 aliphatic rings. The number of carbonyl (C=O) groups excluding carboxylic acids is 2. The van der Waals surface area contributed by atoms with E-state index in [0.29, 0.717) is 17.9 Å². The summed E-state index contributed by atoms with van der Waals surface area (Å²) in [5, 5.41) is 2.53. The van der Waals surface area contributed by atoms with Crippen molar-refractivity contribution in [2.75, 3.05) is 20.1 Å². The van der Waals surface area contributed by atoms with Gasteiger partial charge in [-0.05, 0) is 37.5 Å². The molecule has 0 bridgehead atoms. The predicted molar refractivity (Wildman–Crippen MR) is 71.3 cm³/mol. The molecule has 2 fully saturated rings. The molecule has 6 heteroatoms. The Labute approximate surface area is 114 Å². The van der Waals surface area contributed by atoms with Gasteiger partial charge in [-0.25, -0.2) is 0 Å². The van der Waals surface area contributed by atoms with E-state index in [1.807, 2.05) is 11.9 Å². The van der Waals surface area contributed by atoms with E-state index in [9.17, 15) is 9.59 Å². The molecule has 0 heterocycles. The van der Waals surface area contributed by atoms with E-state index in [2.05, 4.69) is 5.32 Å². The lowest BCUT2D eigenvalue weighted by atomic mass is 10.1. The van der Waals surface area contributed by atoms with Crippen molar-refractivity contribution in [3.63, 3.8) is 0 Å². The van der Waals surface area contributed by atoms with Crippen LogP contribution in [-0.2, 0) is 9.59 Å². The molecule has 0 saturated heterocycles. The molecule has 104 valence electrons. The van der Waals surface area contributed by atoms with Crippen LogP contribution in [0.4, 0.5) is 0 Å². The van der Waals surface area contributed by atoms with Crippen LogP contribution in [0, 0.1) is 11.8 Å². The van der Waals surface area contributed by atoms with Crippen LogP contribution in [0.3, 0.4) is 0 Å². The standard InChI is InChI=1S/C12H21N3O2.ClH/c1-15(11(17)7-14-10(16)6-13)12(8-2-3-8)9-4-5-9;/h8-9,12H,2-7,13H2,1H3,(H,14,16);1H. The monoisotopic (exact) mass is 275 g/mol. The van der Waals surface area contributed by atoms with Crippen LogP contribution in [-0.4, -0.2) is 42.9 Å². The number of rotatable bonds is 6. The fraction of sp³-hybridized carbons (Fsp3) is 0.833. The van der Waals surface area contributed by atoms with E-state index < -0.39 is 0 Å². The maximum atomic E-state index is 11.9. The first-order chi connectivity index (χ1) is 8.13. The lowest BCUT2D eigenvalue weighted by Gasteiger charge is -2.28. The van der Waals surface area contributed by atoms with Crippen LogP contribution in [0.15, 0.2) is 0 Å². The third-order valence-electron chi connectivity index (χ3n) is 3.67. The summed E-state index contributed by atoms with van der Waals surface area (Å²) < 4.78 is 0. The van der Waals surface area contributed by atoms with Gasteiger partial charge in [0.05, 0.1) is 13.1 Å². The minimum absolute atomic E-state index is 0. The second-order valence-electron chi connectivity index (χ2n) is 5.15. The largest absolute Gasteiger partial charge is 0.346 e. The summed E-state index contributed by atoms with van der Waals surface area (Å²) in [5.74, 6) is 1.11. The van der Waals surface area contributed by atoms with Crippen LogP contribution in [0.1, 0.15) is 25.7 Å². The van der Waals surface area contributed by atoms with Gasteiger partial charge in [0.1, 0.15) is 0 Å². The van der Waals surface area contributed by atoms with E-state index in [1.165, 1.54) is 25.7 Å². The summed E-state index contributed by atoms with van der Waals surface area (Å²) >= 11 is 0. The Kier molecular flexibility index (Phi) is 5.41. The van der Waals surface area contributed by atoms with Crippen LogP contribution in [0.2, 0.25) is 0 Å². The van der Waals surface area contributed by atoms with Crippen molar-refractivity contribution in [3.8, 4) is 0 Å². The second kappa shape index (κ2) is 6.38. The van der Waals surface area contributed by atoms with Gasteiger partial charge in [-0.3, -0.25) is 9.59 Å². The fourth-order valence-corrected chi connectivity index (χ4v) is 2.43. The van der Waals surface area contributed by atoms with Crippen LogP contribution < -0.4 is 11.1 Å². The number of amides is 2. The molecule has 0 unspecified atom stereocenters. The third-order valence-corrected chi connectivity index (χ3v) is 3.67. The van der Waals surface area contributed by atoms with Crippen LogP contribution >= 0.6 is 12.4 Å². The smallest absolute Gasteiger partial charge is 0.241 e. The molecule has 0 spiro atoms. The minimum Gasteiger partial charge on any atom is -0.346 e. The molecule has 18 heavy (non-hydrogen) atoms. The number of nitrogens with two attached hydrogens (primary N) is 1. The Morgan fingerprint density at radius 1 is 1.28 bits per heavy atom. The third kappa shape index (κ3) is 3.85. The first-order valence-corrected chi connectivity index (χ1v) is 6.36. The Balaban J connectivity index is 0.00000162. The molecule has 2 rings (SSSR count). The molecule has 3 N–H and O–H groups in total. The quantitative estimate of drug-likeness (QED) is 0.724. The van der Waals surface area contributed by atoms with Crippen molar-refractivity contribution in [1.82, 2.24) is 10.2 Å². The average molecular weight is 276 g/mol. The van der Waals surface area contributed by atoms with Crippen molar-refractivity contribution in [2.24, 2.45) is 17.6 Å². The summed E-state index contributed by atoms with van der Waals surface area (Å²) in [7, 11) is 1.86. The summed E-state index contributed by atoms with van der Waals surface area (Å²) in [4.78, 5) is 24.8. The Bertz CT molecular complexity index is 304. The van der Waals surface area contributed by atoms with Crippen molar-refractivity contribution in [2.45, 2.75) is 31.7 Å². The summed E-state index contributed by atoms with van der Waals surface area (Å²) in [6.07, 6.45) is 4.98. The molecule has 2 amide bonds. The number of carbonyl (C=O) groups is 2. The highest BCUT2D eigenvalue weighted by Crippen LogP contribution is 2.46. The zero-order chi connectivity index (χ0) is 12.4. The zero-order valence-corrected chi connectivity index (χ0v) is 11.5. The van der Waals surface area contributed by atoms with Gasteiger partial charge in [0.15, 0.2) is 0 Å². The van der Waals surface area contributed by atoms with Gasteiger partial charge in [0.2, 0.25) is 11.8 Å². The van der Waals surface area contributed by atoms with E-state index in [-0.39, 0.29) is 37.3 Å². The topological polar surface area (TPSA) is 75.4 Å². The average Bonchev–Trinajstić information content (AvgIpc) is 3.17. The first kappa shape index (κ1) is 15.2. The van der Waals surface area contributed by atoms with Gasteiger partial charge < -0.3 is 16.0 Å². The van der Waals surface area contributed by atoms with E-state index in [0.717, 1.165) is 0 Å². The van der Waals surface area contributed by atoms with E-state index in [1.54, 1.807) is 0 Å². The molecule has 5 nitrogen and oxygen atoms in total. The Morgan fingerprint density at radius 3 is 2.17 bits per heavy atom. The number of hydrogen-bond acceptors (Lipinski definition) is 3. The van der Waals surface area contributed by atoms with Gasteiger partial charge in [-0.15, -0.1) is 12.4 Å². The lowest BCUT2D eigenvalue weighted by molar-refractivity contribution is -0.134. The van der Waals surface area contributed by atoms with Crippen molar-refractivity contribution in [1.29, 1.82) is 0 Å². The Hall–Kier alpha value is -0.810. The molecular formula is C12H22ClN3O2. The number of halogens is 1. The second-order valence-corrected chi connectivity index (χ2v) is 5.15. The van der Waals surface area contributed by atoms with Gasteiger partial charge >= 0.3 is 0 Å².